The van der Waals surface area contributed by atoms with E-state index >= 15 is 0 Å². The summed E-state index contributed by atoms with van der Waals surface area (Å²) in [5.41, 5.74) is 1.88. The number of rotatable bonds is 5. The maximum atomic E-state index is 11.5. The second-order valence-electron chi connectivity index (χ2n) is 5.93. The third kappa shape index (κ3) is 3.28. The fourth-order valence-corrected chi connectivity index (χ4v) is 2.82. The lowest BCUT2D eigenvalue weighted by Crippen LogP contribution is -2.27. The first kappa shape index (κ1) is 14.8. The van der Waals surface area contributed by atoms with E-state index in [0.717, 1.165) is 30.9 Å². The minimum absolute atomic E-state index is 0.0949. The first-order valence-electron chi connectivity index (χ1n) is 6.95. The summed E-state index contributed by atoms with van der Waals surface area (Å²) in [4.78, 5) is 26.9. The van der Waals surface area contributed by atoms with Gasteiger partial charge < -0.3 is 14.4 Å². The lowest BCUT2D eigenvalue weighted by atomic mass is 10.1. The summed E-state index contributed by atoms with van der Waals surface area (Å²) >= 11 is 0. The number of amides is 1. The molecule has 5 nitrogen and oxygen atoms in total. The van der Waals surface area contributed by atoms with E-state index in [0.29, 0.717) is 12.3 Å². The van der Waals surface area contributed by atoms with E-state index in [1.54, 1.807) is 11.8 Å². The molecule has 0 radical (unpaired) electrons. The van der Waals surface area contributed by atoms with Gasteiger partial charge in [0.2, 0.25) is 5.91 Å². The Bertz CT molecular complexity index is 521. The van der Waals surface area contributed by atoms with Crippen LogP contribution in [0, 0.1) is 5.92 Å². The molecule has 0 unspecified atom stereocenters. The zero-order valence-electron chi connectivity index (χ0n) is 12.7. The molecule has 110 valence electrons. The fraction of sp³-hybridized carbons (Fsp3) is 0.600. The van der Waals surface area contributed by atoms with Crippen LogP contribution in [0.25, 0.3) is 0 Å². The molecule has 1 amide bonds. The average molecular weight is 277 g/mol. The number of hydrogen-bond donors (Lipinski definition) is 0. The maximum Gasteiger partial charge on any atom is 0.222 e. The third-order valence-corrected chi connectivity index (χ3v) is 3.94. The summed E-state index contributed by atoms with van der Waals surface area (Å²) in [5, 5.41) is 0. The molecule has 20 heavy (non-hydrogen) atoms. The van der Waals surface area contributed by atoms with Crippen molar-refractivity contribution in [1.82, 2.24) is 14.4 Å². The molecule has 5 heteroatoms. The standard InChI is InChI=1S/C15H23N3O2/c1-11(19)13-6-14(17(3)9-13)10-16(2)7-12-5-15(20)18(4)8-12/h6,9,12H,5,7-8,10H2,1-4H3/t12-/m1/s1. The molecule has 1 aliphatic heterocycles. The molecule has 1 atom stereocenters. The van der Waals surface area contributed by atoms with Crippen molar-refractivity contribution in [1.29, 1.82) is 0 Å². The summed E-state index contributed by atoms with van der Waals surface area (Å²) < 4.78 is 2.00. The molecule has 2 heterocycles. The third-order valence-electron chi connectivity index (χ3n) is 3.94. The number of hydrogen-bond acceptors (Lipinski definition) is 3. The Morgan fingerprint density at radius 1 is 1.45 bits per heavy atom. The molecule has 1 saturated heterocycles. The van der Waals surface area contributed by atoms with E-state index < -0.39 is 0 Å². The van der Waals surface area contributed by atoms with Crippen LogP contribution in [0.3, 0.4) is 0 Å². The van der Waals surface area contributed by atoms with E-state index in [1.807, 2.05) is 30.9 Å². The van der Waals surface area contributed by atoms with Gasteiger partial charge in [-0.25, -0.2) is 0 Å². The van der Waals surface area contributed by atoms with Crippen LogP contribution in [0.5, 0.6) is 0 Å². The second kappa shape index (κ2) is 5.79. The number of ketones is 1. The van der Waals surface area contributed by atoms with Crippen LogP contribution >= 0.6 is 0 Å². The molecular weight excluding hydrogens is 254 g/mol. The SMILES string of the molecule is CC(=O)c1cc(CN(C)C[C@H]2CC(=O)N(C)C2)n(C)c1. The Hall–Kier alpha value is -1.62. The van der Waals surface area contributed by atoms with Gasteiger partial charge in [0.15, 0.2) is 5.78 Å². The van der Waals surface area contributed by atoms with Crippen LogP contribution in [0.2, 0.25) is 0 Å². The van der Waals surface area contributed by atoms with Gasteiger partial charge in [-0.1, -0.05) is 0 Å². The number of nitrogens with zero attached hydrogens (tertiary/aromatic N) is 3. The molecule has 2 rings (SSSR count). The topological polar surface area (TPSA) is 45.6 Å². The summed E-state index contributed by atoms with van der Waals surface area (Å²) in [6.07, 6.45) is 2.52. The monoisotopic (exact) mass is 277 g/mol. The van der Waals surface area contributed by atoms with Crippen LogP contribution < -0.4 is 0 Å². The van der Waals surface area contributed by atoms with Gasteiger partial charge in [0.1, 0.15) is 0 Å². The van der Waals surface area contributed by atoms with Gasteiger partial charge in [0.05, 0.1) is 0 Å². The average Bonchev–Trinajstić information content (AvgIpc) is 2.84. The number of carbonyl (C=O) groups excluding carboxylic acids is 2. The van der Waals surface area contributed by atoms with Crippen molar-refractivity contribution in [3.63, 3.8) is 0 Å². The molecule has 0 bridgehead atoms. The van der Waals surface area contributed by atoms with Crippen LogP contribution in [0.15, 0.2) is 12.3 Å². The molecule has 0 N–H and O–H groups in total. The van der Waals surface area contributed by atoms with Gasteiger partial charge in [-0.05, 0) is 26.0 Å². The highest BCUT2D eigenvalue weighted by Gasteiger charge is 2.27. The number of aryl methyl sites for hydroxylation is 1. The van der Waals surface area contributed by atoms with Gasteiger partial charge in [-0.2, -0.15) is 0 Å². The Morgan fingerprint density at radius 2 is 2.15 bits per heavy atom. The van der Waals surface area contributed by atoms with Crippen molar-refractivity contribution in [3.05, 3.63) is 23.5 Å². The van der Waals surface area contributed by atoms with Crippen LogP contribution in [-0.2, 0) is 18.4 Å². The largest absolute Gasteiger partial charge is 0.353 e. The van der Waals surface area contributed by atoms with Crippen LogP contribution in [0.4, 0.5) is 0 Å². The summed E-state index contributed by atoms with van der Waals surface area (Å²) in [7, 11) is 5.88. The predicted molar refractivity (Wildman–Crippen MR) is 77.5 cm³/mol. The van der Waals surface area contributed by atoms with Crippen molar-refractivity contribution in [2.75, 3.05) is 27.2 Å². The summed E-state index contributed by atoms with van der Waals surface area (Å²) in [6, 6.07) is 1.95. The molecule has 1 fully saturated rings. The number of likely N-dealkylation sites (tertiary alicyclic amines) is 1. The van der Waals surface area contributed by atoms with E-state index in [1.165, 1.54) is 0 Å². The Balaban J connectivity index is 1.93. The van der Waals surface area contributed by atoms with Crippen molar-refractivity contribution in [2.45, 2.75) is 19.9 Å². The number of carbonyl (C=O) groups is 2. The summed E-state index contributed by atoms with van der Waals surface area (Å²) in [5.74, 6) is 0.740. The number of Topliss-reactive ketones (excluding diaryl/α,β-unsaturated/α-hetero) is 1. The van der Waals surface area contributed by atoms with Crippen molar-refractivity contribution in [3.8, 4) is 0 Å². The molecule has 0 spiro atoms. The van der Waals surface area contributed by atoms with E-state index in [9.17, 15) is 9.59 Å². The Morgan fingerprint density at radius 3 is 2.65 bits per heavy atom. The highest BCUT2D eigenvalue weighted by Crippen LogP contribution is 2.18. The Kier molecular flexibility index (Phi) is 4.28. The first-order valence-corrected chi connectivity index (χ1v) is 6.95. The van der Waals surface area contributed by atoms with Crippen molar-refractivity contribution < 1.29 is 9.59 Å². The maximum absolute atomic E-state index is 11.5. The van der Waals surface area contributed by atoms with Gasteiger partial charge in [-0.15, -0.1) is 0 Å². The van der Waals surface area contributed by atoms with Gasteiger partial charge in [0, 0.05) is 57.6 Å². The zero-order valence-corrected chi connectivity index (χ0v) is 12.7. The second-order valence-corrected chi connectivity index (χ2v) is 5.93. The molecule has 1 aliphatic rings. The lowest BCUT2D eigenvalue weighted by molar-refractivity contribution is -0.126. The molecule has 0 aliphatic carbocycles. The molecule has 1 aromatic rings. The first-order chi connectivity index (χ1) is 9.36. The molecule has 0 saturated carbocycles. The zero-order chi connectivity index (χ0) is 14.9. The highest BCUT2D eigenvalue weighted by molar-refractivity contribution is 5.94. The normalized spacial score (nSPS) is 19.1. The number of aromatic nitrogens is 1. The summed E-state index contributed by atoms with van der Waals surface area (Å²) in [6.45, 7) is 4.12. The molecule has 1 aromatic heterocycles. The van der Waals surface area contributed by atoms with E-state index in [4.69, 9.17) is 0 Å². The van der Waals surface area contributed by atoms with Crippen molar-refractivity contribution >= 4 is 11.7 Å². The molecule has 0 aromatic carbocycles. The fourth-order valence-electron chi connectivity index (χ4n) is 2.82. The predicted octanol–water partition coefficient (Wildman–Crippen LogP) is 1.14. The Labute approximate surface area is 120 Å². The lowest BCUT2D eigenvalue weighted by Gasteiger charge is -2.20. The molecular formula is C15H23N3O2. The quantitative estimate of drug-likeness (QED) is 0.758. The van der Waals surface area contributed by atoms with Gasteiger partial charge in [0.25, 0.3) is 0 Å². The van der Waals surface area contributed by atoms with Gasteiger partial charge in [-0.3, -0.25) is 9.59 Å². The van der Waals surface area contributed by atoms with E-state index in [-0.39, 0.29) is 11.7 Å². The van der Waals surface area contributed by atoms with Crippen LogP contribution in [-0.4, -0.2) is 53.2 Å². The van der Waals surface area contributed by atoms with Crippen LogP contribution in [0.1, 0.15) is 29.4 Å². The highest BCUT2D eigenvalue weighted by atomic mass is 16.2. The minimum Gasteiger partial charge on any atom is -0.353 e. The van der Waals surface area contributed by atoms with Gasteiger partial charge >= 0.3 is 0 Å². The minimum atomic E-state index is 0.0949. The van der Waals surface area contributed by atoms with Crippen molar-refractivity contribution in [2.24, 2.45) is 13.0 Å². The van der Waals surface area contributed by atoms with E-state index in [2.05, 4.69) is 11.9 Å². The smallest absolute Gasteiger partial charge is 0.222 e.